The van der Waals surface area contributed by atoms with Gasteiger partial charge in [-0.1, -0.05) is 0 Å². The molecular weight excluding hydrogens is 221 g/mol. The van der Waals surface area contributed by atoms with E-state index >= 15 is 0 Å². The predicted octanol–water partition coefficient (Wildman–Crippen LogP) is 1.34. The third kappa shape index (κ3) is 2.87. The lowest BCUT2D eigenvalue weighted by Gasteiger charge is -2.22. The molecule has 6 heteroatoms. The van der Waals surface area contributed by atoms with E-state index in [-0.39, 0.29) is 12.1 Å². The van der Waals surface area contributed by atoms with Gasteiger partial charge >= 0.3 is 12.1 Å². The largest absolute Gasteiger partial charge is 0.471 e. The van der Waals surface area contributed by atoms with Gasteiger partial charge in [0.2, 0.25) is 0 Å². The highest BCUT2D eigenvalue weighted by molar-refractivity contribution is 5.82. The zero-order valence-corrected chi connectivity index (χ0v) is 8.81. The lowest BCUT2D eigenvalue weighted by molar-refractivity contribution is -0.174. The number of alkyl halides is 3. The van der Waals surface area contributed by atoms with Crippen LogP contribution in [-0.2, 0) is 4.79 Å². The molecule has 92 valence electrons. The third-order valence-corrected chi connectivity index (χ3v) is 3.12. The van der Waals surface area contributed by atoms with Crippen LogP contribution in [0.5, 0.6) is 0 Å². The Bertz CT molecular complexity index is 276. The van der Waals surface area contributed by atoms with Crippen molar-refractivity contribution in [1.29, 1.82) is 0 Å². The lowest BCUT2D eigenvalue weighted by atomic mass is 10.1. The Morgan fingerprint density at radius 3 is 2.25 bits per heavy atom. The van der Waals surface area contributed by atoms with Crippen molar-refractivity contribution in [3.05, 3.63) is 0 Å². The maximum Gasteiger partial charge on any atom is 0.471 e. The summed E-state index contributed by atoms with van der Waals surface area (Å²) >= 11 is 0. The lowest BCUT2D eigenvalue weighted by Crippen LogP contribution is -2.50. The molecule has 0 aliphatic heterocycles. The van der Waals surface area contributed by atoms with Crippen molar-refractivity contribution in [3.63, 3.8) is 0 Å². The van der Waals surface area contributed by atoms with Gasteiger partial charge in [0, 0.05) is 18.1 Å². The van der Waals surface area contributed by atoms with Crippen molar-refractivity contribution in [3.8, 4) is 0 Å². The molecule has 0 aromatic heterocycles. The van der Waals surface area contributed by atoms with Gasteiger partial charge in [-0.15, -0.1) is 0 Å². The van der Waals surface area contributed by atoms with E-state index in [9.17, 15) is 18.0 Å². The van der Waals surface area contributed by atoms with Crippen molar-refractivity contribution in [2.24, 2.45) is 0 Å². The molecule has 2 N–H and O–H groups in total. The van der Waals surface area contributed by atoms with Crippen LogP contribution >= 0.6 is 0 Å². The fraction of sp³-hybridized carbons (Fsp3) is 0.900. The van der Waals surface area contributed by atoms with E-state index in [2.05, 4.69) is 10.6 Å². The molecule has 0 saturated heterocycles. The number of halogens is 3. The molecule has 2 aliphatic rings. The highest BCUT2D eigenvalue weighted by Crippen LogP contribution is 2.26. The fourth-order valence-corrected chi connectivity index (χ4v) is 2.14. The van der Waals surface area contributed by atoms with Crippen LogP contribution in [0.15, 0.2) is 0 Å². The van der Waals surface area contributed by atoms with Crippen molar-refractivity contribution in [1.82, 2.24) is 10.6 Å². The average Bonchev–Trinajstić information content (AvgIpc) is 2.87. The zero-order chi connectivity index (χ0) is 11.8. The van der Waals surface area contributed by atoms with Crippen LogP contribution in [-0.4, -0.2) is 30.2 Å². The van der Waals surface area contributed by atoms with Crippen LogP contribution in [0.4, 0.5) is 13.2 Å². The molecule has 2 aliphatic carbocycles. The third-order valence-electron chi connectivity index (χ3n) is 3.12. The Morgan fingerprint density at radius 1 is 1.06 bits per heavy atom. The number of carbonyl (C=O) groups is 1. The van der Waals surface area contributed by atoms with E-state index in [1.54, 1.807) is 0 Å². The number of hydrogen-bond donors (Lipinski definition) is 2. The molecule has 0 unspecified atom stereocenters. The van der Waals surface area contributed by atoms with Gasteiger partial charge in [-0.05, 0) is 32.1 Å². The zero-order valence-electron chi connectivity index (χ0n) is 8.81. The first-order valence-corrected chi connectivity index (χ1v) is 5.60. The average molecular weight is 236 g/mol. The van der Waals surface area contributed by atoms with Crippen LogP contribution in [0.3, 0.4) is 0 Å². The fourth-order valence-electron chi connectivity index (χ4n) is 2.14. The minimum Gasteiger partial charge on any atom is -0.344 e. The smallest absolute Gasteiger partial charge is 0.344 e. The van der Waals surface area contributed by atoms with Crippen molar-refractivity contribution in [2.45, 2.75) is 56.4 Å². The van der Waals surface area contributed by atoms with Gasteiger partial charge in [-0.2, -0.15) is 13.2 Å². The Labute approximate surface area is 91.8 Å². The Kier molecular flexibility index (Phi) is 3.10. The van der Waals surface area contributed by atoms with Gasteiger partial charge < -0.3 is 10.6 Å². The van der Waals surface area contributed by atoms with Crippen LogP contribution in [0, 0.1) is 0 Å². The Balaban J connectivity index is 1.85. The summed E-state index contributed by atoms with van der Waals surface area (Å²) in [4.78, 5) is 10.8. The Hall–Kier alpha value is -0.780. The van der Waals surface area contributed by atoms with Crippen molar-refractivity contribution in [2.75, 3.05) is 0 Å². The SMILES string of the molecule is O=C(N[C@@H]1CCC[C@@H]1NC1CC1)C(F)(F)F. The quantitative estimate of drug-likeness (QED) is 0.776. The molecule has 0 spiro atoms. The second-order valence-electron chi connectivity index (χ2n) is 4.56. The highest BCUT2D eigenvalue weighted by atomic mass is 19.4. The minimum atomic E-state index is -4.77. The summed E-state index contributed by atoms with van der Waals surface area (Å²) in [5.41, 5.74) is 0. The van der Waals surface area contributed by atoms with E-state index < -0.39 is 12.1 Å². The molecule has 0 heterocycles. The first-order valence-electron chi connectivity index (χ1n) is 5.60. The molecule has 0 aromatic carbocycles. The summed E-state index contributed by atoms with van der Waals surface area (Å²) in [6, 6.07) is 0.0990. The normalized spacial score (nSPS) is 30.4. The Morgan fingerprint density at radius 2 is 1.69 bits per heavy atom. The van der Waals surface area contributed by atoms with Gasteiger partial charge in [-0.25, -0.2) is 0 Å². The molecule has 3 nitrogen and oxygen atoms in total. The van der Waals surface area contributed by atoms with E-state index in [1.165, 1.54) is 0 Å². The molecule has 2 saturated carbocycles. The molecular formula is C10H15F3N2O. The van der Waals surface area contributed by atoms with Crippen molar-refractivity contribution < 1.29 is 18.0 Å². The monoisotopic (exact) mass is 236 g/mol. The number of nitrogens with one attached hydrogen (secondary N) is 2. The molecule has 0 aromatic rings. The summed E-state index contributed by atoms with van der Waals surface area (Å²) in [5.74, 6) is -1.82. The van der Waals surface area contributed by atoms with Crippen LogP contribution in [0.25, 0.3) is 0 Å². The maximum absolute atomic E-state index is 12.1. The second-order valence-corrected chi connectivity index (χ2v) is 4.56. The van der Waals surface area contributed by atoms with E-state index in [1.807, 2.05) is 0 Å². The minimum absolute atomic E-state index is 0.0128. The molecule has 2 atom stereocenters. The number of carbonyl (C=O) groups excluding carboxylic acids is 1. The summed E-state index contributed by atoms with van der Waals surface area (Å²) in [6.45, 7) is 0. The predicted molar refractivity (Wildman–Crippen MR) is 51.8 cm³/mol. The number of rotatable bonds is 3. The first kappa shape index (κ1) is 11.7. The summed E-state index contributed by atoms with van der Waals surface area (Å²) < 4.78 is 36.2. The van der Waals surface area contributed by atoms with E-state index in [0.717, 1.165) is 25.7 Å². The summed E-state index contributed by atoms with van der Waals surface area (Å²) in [5, 5.41) is 5.35. The van der Waals surface area contributed by atoms with E-state index in [4.69, 9.17) is 0 Å². The van der Waals surface area contributed by atoms with Crippen LogP contribution in [0.2, 0.25) is 0 Å². The number of amides is 1. The number of hydrogen-bond acceptors (Lipinski definition) is 2. The standard InChI is InChI=1S/C10H15F3N2O/c11-10(12,13)9(16)15-8-3-1-2-7(8)14-6-4-5-6/h6-8,14H,1-5H2,(H,15,16)/t7-,8+/m0/s1. The van der Waals surface area contributed by atoms with Gasteiger partial charge in [0.15, 0.2) is 0 Å². The molecule has 0 bridgehead atoms. The topological polar surface area (TPSA) is 41.1 Å². The van der Waals surface area contributed by atoms with Gasteiger partial charge in [0.25, 0.3) is 0 Å². The van der Waals surface area contributed by atoms with Crippen LogP contribution < -0.4 is 10.6 Å². The summed E-state index contributed by atoms with van der Waals surface area (Å²) in [7, 11) is 0. The van der Waals surface area contributed by atoms with E-state index in [0.29, 0.717) is 12.5 Å². The maximum atomic E-state index is 12.1. The molecule has 0 radical (unpaired) electrons. The first-order chi connectivity index (χ1) is 7.47. The summed E-state index contributed by atoms with van der Waals surface area (Å²) in [6.07, 6.45) is -0.238. The molecule has 2 rings (SSSR count). The molecule has 1 amide bonds. The van der Waals surface area contributed by atoms with Gasteiger partial charge in [0.05, 0.1) is 0 Å². The molecule has 16 heavy (non-hydrogen) atoms. The second kappa shape index (κ2) is 4.24. The van der Waals surface area contributed by atoms with Gasteiger partial charge in [0.1, 0.15) is 0 Å². The highest BCUT2D eigenvalue weighted by Gasteiger charge is 2.42. The van der Waals surface area contributed by atoms with Crippen molar-refractivity contribution >= 4 is 5.91 Å². The molecule has 2 fully saturated rings. The van der Waals surface area contributed by atoms with Crippen LogP contribution in [0.1, 0.15) is 32.1 Å². The van der Waals surface area contributed by atoms with Gasteiger partial charge in [-0.3, -0.25) is 4.79 Å².